The minimum atomic E-state index is 0.121. The lowest BCUT2D eigenvalue weighted by molar-refractivity contribution is -0.111. The summed E-state index contributed by atoms with van der Waals surface area (Å²) < 4.78 is 5.95. The smallest absolute Gasteiger partial charge is 0.250 e. The molecule has 1 aliphatic rings. The van der Waals surface area contributed by atoms with Gasteiger partial charge in [-0.05, 0) is 44.0 Å². The van der Waals surface area contributed by atoms with E-state index in [0.29, 0.717) is 22.4 Å². The van der Waals surface area contributed by atoms with Crippen molar-refractivity contribution in [3.8, 4) is 22.9 Å². The van der Waals surface area contributed by atoms with E-state index in [2.05, 4.69) is 20.1 Å². The molecule has 0 unspecified atom stereocenters. The van der Waals surface area contributed by atoms with Crippen LogP contribution in [-0.2, 0) is 4.79 Å². The van der Waals surface area contributed by atoms with Gasteiger partial charge < -0.3 is 14.1 Å². The molecule has 1 aliphatic heterocycles. The number of anilines is 1. The van der Waals surface area contributed by atoms with Crippen LogP contribution in [0.1, 0.15) is 18.5 Å². The molecular formula is C20H18BClN4O2. The van der Waals surface area contributed by atoms with E-state index < -0.39 is 0 Å². The molecular weight excluding hydrogens is 375 g/mol. The van der Waals surface area contributed by atoms with E-state index >= 15 is 0 Å². The lowest BCUT2D eigenvalue weighted by Gasteiger charge is -2.32. The van der Waals surface area contributed by atoms with Crippen molar-refractivity contribution in [3.05, 3.63) is 41.2 Å². The molecule has 1 fully saturated rings. The Bertz CT molecular complexity index is 995. The van der Waals surface area contributed by atoms with Crippen LogP contribution in [0.2, 0.25) is 5.15 Å². The number of nitrogens with zero attached hydrogens (tertiary/aromatic N) is 4. The van der Waals surface area contributed by atoms with Crippen LogP contribution in [0, 0.1) is 12.8 Å². The highest BCUT2D eigenvalue weighted by Crippen LogP contribution is 2.33. The van der Waals surface area contributed by atoms with Crippen LogP contribution in [0.4, 0.5) is 5.69 Å². The zero-order valence-corrected chi connectivity index (χ0v) is 16.2. The molecule has 28 heavy (non-hydrogen) atoms. The number of pyridine rings is 1. The Balaban J connectivity index is 1.68. The Labute approximate surface area is 169 Å². The third-order valence-electron chi connectivity index (χ3n) is 4.92. The van der Waals surface area contributed by atoms with Crippen molar-refractivity contribution < 1.29 is 9.21 Å². The quantitative estimate of drug-likeness (QED) is 0.386. The molecule has 0 bridgehead atoms. The lowest BCUT2D eigenvalue weighted by atomic mass is 9.92. The standard InChI is InChI=1S/C20H18BClN4O2/c1-12-8-14(9-18(22)23-12)19-24-25-20(28-19)16-3-2-15(21)10-17(16)26-6-4-13(11-27)5-7-26/h2-3,8-11,13H,4-7H2,1H3. The molecule has 0 amide bonds. The molecule has 4 rings (SSSR count). The lowest BCUT2D eigenvalue weighted by Crippen LogP contribution is -2.34. The van der Waals surface area contributed by atoms with Crippen molar-refractivity contribution in [2.45, 2.75) is 19.8 Å². The summed E-state index contributed by atoms with van der Waals surface area (Å²) in [6.07, 6.45) is 2.69. The Hall–Kier alpha value is -2.67. The molecule has 8 heteroatoms. The molecule has 3 aromatic rings. The van der Waals surface area contributed by atoms with Gasteiger partial charge in [0.05, 0.1) is 5.56 Å². The fourth-order valence-electron chi connectivity index (χ4n) is 3.47. The van der Waals surface area contributed by atoms with Crippen LogP contribution in [0.5, 0.6) is 0 Å². The Morgan fingerprint density at radius 2 is 1.93 bits per heavy atom. The van der Waals surface area contributed by atoms with E-state index in [1.165, 1.54) is 0 Å². The molecule has 1 aromatic carbocycles. The zero-order valence-electron chi connectivity index (χ0n) is 15.4. The number of aldehydes is 1. The first-order chi connectivity index (χ1) is 13.5. The van der Waals surface area contributed by atoms with E-state index in [1.807, 2.05) is 31.2 Å². The van der Waals surface area contributed by atoms with Gasteiger partial charge >= 0.3 is 0 Å². The molecule has 0 spiro atoms. The maximum Gasteiger partial charge on any atom is 0.250 e. The van der Waals surface area contributed by atoms with Gasteiger partial charge in [0.1, 0.15) is 19.3 Å². The van der Waals surface area contributed by atoms with Crippen LogP contribution >= 0.6 is 11.6 Å². The van der Waals surface area contributed by atoms with Gasteiger partial charge in [0, 0.05) is 36.0 Å². The van der Waals surface area contributed by atoms with Gasteiger partial charge in [-0.3, -0.25) is 0 Å². The second-order valence-corrected chi connectivity index (χ2v) is 7.36. The Kier molecular flexibility index (Phi) is 5.18. The van der Waals surface area contributed by atoms with Gasteiger partial charge in [0.15, 0.2) is 0 Å². The number of rotatable bonds is 4. The predicted octanol–water partition coefficient (Wildman–Crippen LogP) is 2.97. The van der Waals surface area contributed by atoms with E-state index in [1.54, 1.807) is 6.07 Å². The summed E-state index contributed by atoms with van der Waals surface area (Å²) in [4.78, 5) is 17.4. The first-order valence-corrected chi connectivity index (χ1v) is 9.49. The molecule has 0 atom stereocenters. The van der Waals surface area contributed by atoms with Gasteiger partial charge in [0.2, 0.25) is 11.8 Å². The van der Waals surface area contributed by atoms with Crippen molar-refractivity contribution in [2.75, 3.05) is 18.0 Å². The number of aryl methyl sites for hydroxylation is 1. The fraction of sp³-hybridized carbons (Fsp3) is 0.300. The average molecular weight is 393 g/mol. The Morgan fingerprint density at radius 1 is 1.18 bits per heavy atom. The second kappa shape index (κ2) is 7.76. The maximum atomic E-state index is 11.0. The Morgan fingerprint density at radius 3 is 2.64 bits per heavy atom. The highest BCUT2D eigenvalue weighted by molar-refractivity contribution is 6.32. The predicted molar refractivity (Wildman–Crippen MR) is 109 cm³/mol. The number of piperidine rings is 1. The number of hydrogen-bond donors (Lipinski definition) is 0. The molecule has 2 radical (unpaired) electrons. The van der Waals surface area contributed by atoms with Crippen LogP contribution in [0.25, 0.3) is 22.9 Å². The number of carbonyl (C=O) groups excluding carboxylic acids is 1. The topological polar surface area (TPSA) is 72.1 Å². The van der Waals surface area contributed by atoms with E-state index in [-0.39, 0.29) is 5.92 Å². The highest BCUT2D eigenvalue weighted by atomic mass is 35.5. The summed E-state index contributed by atoms with van der Waals surface area (Å²) in [6.45, 7) is 3.41. The third-order valence-corrected chi connectivity index (χ3v) is 5.11. The first kappa shape index (κ1) is 18.7. The molecule has 3 heterocycles. The molecule has 6 nitrogen and oxygen atoms in total. The minimum absolute atomic E-state index is 0.121. The molecule has 1 saturated heterocycles. The van der Waals surface area contributed by atoms with Crippen molar-refractivity contribution in [3.63, 3.8) is 0 Å². The maximum absolute atomic E-state index is 11.0. The van der Waals surface area contributed by atoms with Crippen molar-refractivity contribution in [1.29, 1.82) is 0 Å². The van der Waals surface area contributed by atoms with Crippen molar-refractivity contribution >= 4 is 36.9 Å². The van der Waals surface area contributed by atoms with Gasteiger partial charge in [-0.15, -0.1) is 10.2 Å². The number of aromatic nitrogens is 3. The summed E-state index contributed by atoms with van der Waals surface area (Å²) in [5.41, 5.74) is 3.90. The van der Waals surface area contributed by atoms with E-state index in [9.17, 15) is 4.79 Å². The van der Waals surface area contributed by atoms with Crippen molar-refractivity contribution in [1.82, 2.24) is 15.2 Å². The van der Waals surface area contributed by atoms with Gasteiger partial charge in [0.25, 0.3) is 0 Å². The largest absolute Gasteiger partial charge is 0.416 e. The fourth-order valence-corrected chi connectivity index (χ4v) is 3.72. The summed E-state index contributed by atoms with van der Waals surface area (Å²) in [7, 11) is 6.02. The number of carbonyl (C=O) groups is 1. The summed E-state index contributed by atoms with van der Waals surface area (Å²) in [6, 6.07) is 9.15. The van der Waals surface area contributed by atoms with E-state index in [4.69, 9.17) is 23.9 Å². The number of hydrogen-bond acceptors (Lipinski definition) is 6. The van der Waals surface area contributed by atoms with Crippen LogP contribution in [0.3, 0.4) is 0 Å². The van der Waals surface area contributed by atoms with Gasteiger partial charge in [-0.1, -0.05) is 23.1 Å². The van der Waals surface area contributed by atoms with Crippen LogP contribution in [-0.4, -0.2) is 42.4 Å². The minimum Gasteiger partial charge on any atom is -0.416 e. The van der Waals surface area contributed by atoms with Crippen LogP contribution < -0.4 is 10.4 Å². The van der Waals surface area contributed by atoms with Gasteiger partial charge in [-0.2, -0.15) is 0 Å². The highest BCUT2D eigenvalue weighted by Gasteiger charge is 2.23. The first-order valence-electron chi connectivity index (χ1n) is 9.11. The summed E-state index contributed by atoms with van der Waals surface area (Å²) in [5.74, 6) is 0.911. The van der Waals surface area contributed by atoms with E-state index in [0.717, 1.165) is 54.7 Å². The normalized spacial score (nSPS) is 15.0. The molecule has 0 N–H and O–H groups in total. The summed E-state index contributed by atoms with van der Waals surface area (Å²) >= 11 is 6.05. The molecule has 0 aliphatic carbocycles. The van der Waals surface area contributed by atoms with Gasteiger partial charge in [-0.25, -0.2) is 4.98 Å². The average Bonchev–Trinajstić information content (AvgIpc) is 3.17. The SMILES string of the molecule is [B]c1ccc(-c2nnc(-c3cc(C)nc(Cl)c3)o2)c(N2CCC(C=O)CC2)c1. The molecule has 0 saturated carbocycles. The molecule has 140 valence electrons. The summed E-state index contributed by atoms with van der Waals surface area (Å²) in [5, 5.41) is 8.79. The molecule has 2 aromatic heterocycles. The van der Waals surface area contributed by atoms with Crippen molar-refractivity contribution in [2.24, 2.45) is 5.92 Å². The number of halogens is 1. The third kappa shape index (κ3) is 3.80. The second-order valence-electron chi connectivity index (χ2n) is 6.97. The zero-order chi connectivity index (χ0) is 19.7. The number of benzene rings is 1. The van der Waals surface area contributed by atoms with Crippen LogP contribution in [0.15, 0.2) is 34.7 Å². The monoisotopic (exact) mass is 392 g/mol.